The SMILES string of the molecule is CCN(C1CC2CCC(C1)N2)S(=O)(=O)c1ccccc1Br. The highest BCUT2D eigenvalue weighted by atomic mass is 79.9. The topological polar surface area (TPSA) is 49.4 Å². The molecule has 0 aromatic heterocycles. The predicted molar refractivity (Wildman–Crippen MR) is 86.7 cm³/mol. The van der Waals surface area contributed by atoms with Crippen molar-refractivity contribution in [1.29, 1.82) is 0 Å². The number of nitrogens with zero attached hydrogens (tertiary/aromatic N) is 1. The standard InChI is InChI=1S/C15H21BrN2O2S/c1-2-18(13-9-11-7-8-12(10-13)17-11)21(19,20)15-6-4-3-5-14(15)16/h3-6,11-13,17H,2,7-10H2,1H3. The molecule has 1 aromatic carbocycles. The molecular weight excluding hydrogens is 352 g/mol. The summed E-state index contributed by atoms with van der Waals surface area (Å²) >= 11 is 3.37. The molecule has 2 atom stereocenters. The number of hydrogen-bond donors (Lipinski definition) is 1. The average Bonchev–Trinajstić information content (AvgIpc) is 2.78. The van der Waals surface area contributed by atoms with E-state index in [1.54, 1.807) is 22.5 Å². The quantitative estimate of drug-likeness (QED) is 0.883. The number of nitrogens with one attached hydrogen (secondary N) is 1. The lowest BCUT2D eigenvalue weighted by Gasteiger charge is -2.36. The third-order valence-electron chi connectivity index (χ3n) is 4.59. The van der Waals surface area contributed by atoms with Gasteiger partial charge in [0.2, 0.25) is 10.0 Å². The van der Waals surface area contributed by atoms with Crippen molar-refractivity contribution < 1.29 is 8.42 Å². The van der Waals surface area contributed by atoms with Gasteiger partial charge >= 0.3 is 0 Å². The second-order valence-electron chi connectivity index (χ2n) is 5.90. The number of benzene rings is 1. The van der Waals surface area contributed by atoms with E-state index in [0.29, 0.717) is 28.0 Å². The Morgan fingerprint density at radius 1 is 1.24 bits per heavy atom. The van der Waals surface area contributed by atoms with Gasteiger partial charge < -0.3 is 5.32 Å². The van der Waals surface area contributed by atoms with E-state index in [1.165, 1.54) is 12.8 Å². The Morgan fingerprint density at radius 2 is 1.86 bits per heavy atom. The van der Waals surface area contributed by atoms with Crippen molar-refractivity contribution in [1.82, 2.24) is 9.62 Å². The van der Waals surface area contributed by atoms with Gasteiger partial charge in [0.15, 0.2) is 0 Å². The minimum Gasteiger partial charge on any atom is -0.311 e. The number of rotatable bonds is 4. The zero-order valence-corrected chi connectivity index (χ0v) is 14.5. The summed E-state index contributed by atoms with van der Waals surface area (Å²) in [5, 5.41) is 3.57. The van der Waals surface area contributed by atoms with Gasteiger partial charge in [-0.1, -0.05) is 19.1 Å². The second kappa shape index (κ2) is 5.99. The van der Waals surface area contributed by atoms with E-state index in [1.807, 2.05) is 13.0 Å². The Kier molecular flexibility index (Phi) is 4.41. The number of sulfonamides is 1. The summed E-state index contributed by atoms with van der Waals surface area (Å²) in [5.74, 6) is 0. The van der Waals surface area contributed by atoms with Crippen molar-refractivity contribution in [3.63, 3.8) is 0 Å². The fraction of sp³-hybridized carbons (Fsp3) is 0.600. The molecule has 1 aromatic rings. The van der Waals surface area contributed by atoms with Crippen LogP contribution in [0.15, 0.2) is 33.6 Å². The second-order valence-corrected chi connectivity index (χ2v) is 8.62. The number of hydrogen-bond acceptors (Lipinski definition) is 3. The minimum absolute atomic E-state index is 0.117. The monoisotopic (exact) mass is 372 g/mol. The maximum absolute atomic E-state index is 13.0. The highest BCUT2D eigenvalue weighted by Crippen LogP contribution is 2.33. The molecule has 0 radical (unpaired) electrons. The molecule has 2 aliphatic heterocycles. The first-order valence-electron chi connectivity index (χ1n) is 7.54. The Labute approximate surface area is 135 Å². The van der Waals surface area contributed by atoms with E-state index in [0.717, 1.165) is 12.8 Å². The fourth-order valence-electron chi connectivity index (χ4n) is 3.67. The van der Waals surface area contributed by atoms with Gasteiger partial charge in [-0.3, -0.25) is 0 Å². The maximum Gasteiger partial charge on any atom is 0.244 e. The molecule has 2 aliphatic rings. The third kappa shape index (κ3) is 2.91. The van der Waals surface area contributed by atoms with Crippen LogP contribution in [0.1, 0.15) is 32.6 Å². The smallest absolute Gasteiger partial charge is 0.244 e. The molecular formula is C15H21BrN2O2S. The lowest BCUT2D eigenvalue weighted by Crippen LogP contribution is -2.50. The van der Waals surface area contributed by atoms with Crippen molar-refractivity contribution in [2.24, 2.45) is 0 Å². The van der Waals surface area contributed by atoms with E-state index in [2.05, 4.69) is 21.2 Å². The Morgan fingerprint density at radius 3 is 2.43 bits per heavy atom. The Bertz CT molecular complexity index is 608. The van der Waals surface area contributed by atoms with Crippen LogP contribution in [0.2, 0.25) is 0 Å². The largest absolute Gasteiger partial charge is 0.311 e. The lowest BCUT2D eigenvalue weighted by molar-refractivity contribution is 0.232. The van der Waals surface area contributed by atoms with Gasteiger partial charge in [-0.15, -0.1) is 0 Å². The number of halogens is 1. The summed E-state index contributed by atoms with van der Waals surface area (Å²) in [6.45, 7) is 2.45. The van der Waals surface area contributed by atoms with Crippen LogP contribution in [0.3, 0.4) is 0 Å². The van der Waals surface area contributed by atoms with Gasteiger partial charge in [0.1, 0.15) is 0 Å². The van der Waals surface area contributed by atoms with E-state index < -0.39 is 10.0 Å². The van der Waals surface area contributed by atoms with Gasteiger partial charge in [0, 0.05) is 29.1 Å². The molecule has 2 fully saturated rings. The van der Waals surface area contributed by atoms with Crippen molar-refractivity contribution in [2.75, 3.05) is 6.54 Å². The Balaban J connectivity index is 1.90. The highest BCUT2D eigenvalue weighted by Gasteiger charge is 2.40. The summed E-state index contributed by atoms with van der Waals surface area (Å²) < 4.78 is 28.3. The highest BCUT2D eigenvalue weighted by molar-refractivity contribution is 9.10. The van der Waals surface area contributed by atoms with Crippen LogP contribution in [0.5, 0.6) is 0 Å². The van der Waals surface area contributed by atoms with Crippen LogP contribution in [0.4, 0.5) is 0 Å². The molecule has 2 bridgehead atoms. The van der Waals surface area contributed by atoms with Crippen LogP contribution < -0.4 is 5.32 Å². The summed E-state index contributed by atoms with van der Waals surface area (Å²) in [4.78, 5) is 0.373. The number of piperidine rings is 1. The maximum atomic E-state index is 13.0. The summed E-state index contributed by atoms with van der Waals surface area (Å²) in [7, 11) is -3.44. The summed E-state index contributed by atoms with van der Waals surface area (Å²) in [6, 6.07) is 8.16. The van der Waals surface area contributed by atoms with Gasteiger partial charge in [-0.2, -0.15) is 4.31 Å². The van der Waals surface area contributed by atoms with Gasteiger partial charge in [0.05, 0.1) is 4.90 Å². The van der Waals surface area contributed by atoms with Crippen LogP contribution >= 0.6 is 15.9 Å². The van der Waals surface area contributed by atoms with Crippen molar-refractivity contribution in [2.45, 2.75) is 55.6 Å². The normalized spacial score (nSPS) is 29.0. The molecule has 2 saturated heterocycles. The first-order chi connectivity index (χ1) is 10.0. The van der Waals surface area contributed by atoms with Crippen LogP contribution in [0.25, 0.3) is 0 Å². The van der Waals surface area contributed by atoms with E-state index in [4.69, 9.17) is 0 Å². The van der Waals surface area contributed by atoms with Gasteiger partial charge in [0.25, 0.3) is 0 Å². The molecule has 2 unspecified atom stereocenters. The average molecular weight is 373 g/mol. The molecule has 2 heterocycles. The van der Waals surface area contributed by atoms with Crippen molar-refractivity contribution in [3.05, 3.63) is 28.7 Å². The molecule has 0 spiro atoms. The van der Waals surface area contributed by atoms with Gasteiger partial charge in [-0.05, 0) is 53.7 Å². The van der Waals surface area contributed by atoms with Crippen molar-refractivity contribution in [3.8, 4) is 0 Å². The summed E-state index contributed by atoms with van der Waals surface area (Å²) in [5.41, 5.74) is 0. The number of fused-ring (bicyclic) bond motifs is 2. The zero-order valence-electron chi connectivity index (χ0n) is 12.1. The predicted octanol–water partition coefficient (Wildman–Crippen LogP) is 2.74. The molecule has 6 heteroatoms. The summed E-state index contributed by atoms with van der Waals surface area (Å²) in [6.07, 6.45) is 4.20. The molecule has 4 nitrogen and oxygen atoms in total. The lowest BCUT2D eigenvalue weighted by atomic mass is 10.00. The first-order valence-corrected chi connectivity index (χ1v) is 9.78. The Hall–Kier alpha value is -0.430. The zero-order chi connectivity index (χ0) is 15.0. The third-order valence-corrected chi connectivity index (χ3v) is 7.63. The molecule has 0 saturated carbocycles. The molecule has 116 valence electrons. The van der Waals surface area contributed by atoms with E-state index >= 15 is 0 Å². The van der Waals surface area contributed by atoms with Gasteiger partial charge in [-0.25, -0.2) is 8.42 Å². The minimum atomic E-state index is -3.44. The molecule has 21 heavy (non-hydrogen) atoms. The van der Waals surface area contributed by atoms with E-state index in [-0.39, 0.29) is 6.04 Å². The van der Waals surface area contributed by atoms with Crippen LogP contribution in [-0.4, -0.2) is 37.4 Å². The molecule has 1 N–H and O–H groups in total. The molecule has 0 amide bonds. The van der Waals surface area contributed by atoms with E-state index in [9.17, 15) is 8.42 Å². The van der Waals surface area contributed by atoms with Crippen LogP contribution in [0, 0.1) is 0 Å². The van der Waals surface area contributed by atoms with Crippen LogP contribution in [-0.2, 0) is 10.0 Å². The molecule has 3 rings (SSSR count). The first kappa shape index (κ1) is 15.5. The molecule has 0 aliphatic carbocycles. The van der Waals surface area contributed by atoms with Crippen molar-refractivity contribution >= 4 is 26.0 Å². The fourth-order valence-corrected chi connectivity index (χ4v) is 6.29.